The van der Waals surface area contributed by atoms with E-state index in [-0.39, 0.29) is 17.3 Å². The van der Waals surface area contributed by atoms with Crippen molar-refractivity contribution in [1.82, 2.24) is 9.97 Å². The summed E-state index contributed by atoms with van der Waals surface area (Å²) in [7, 11) is 0. The van der Waals surface area contributed by atoms with E-state index in [0.717, 1.165) is 11.1 Å². The van der Waals surface area contributed by atoms with Gasteiger partial charge in [0, 0.05) is 18.8 Å². The fraction of sp³-hybridized carbons (Fsp3) is 0.0833. The maximum atomic E-state index is 12.2. The molecule has 0 saturated carbocycles. The standard InChI is InChI=1S/C24H19Cl2N5O2/c25-20-12-11-19(13-21(20)26)29-23-22(31(32)33)24(28-16-27-23)30(14-17-7-3-1-4-8-17)15-18-9-5-2-6-10-18/h1-13,16H,14-15H2,(H,27,28,29). The van der Waals surface area contributed by atoms with Crippen molar-refractivity contribution in [2.24, 2.45) is 0 Å². The second-order valence-corrected chi connectivity index (χ2v) is 8.05. The van der Waals surface area contributed by atoms with Crippen LogP contribution in [0.4, 0.5) is 23.0 Å². The highest BCUT2D eigenvalue weighted by Gasteiger charge is 2.27. The summed E-state index contributed by atoms with van der Waals surface area (Å²) in [5, 5.41) is 15.9. The van der Waals surface area contributed by atoms with Gasteiger partial charge in [-0.1, -0.05) is 83.9 Å². The van der Waals surface area contributed by atoms with E-state index < -0.39 is 4.92 Å². The molecule has 0 fully saturated rings. The predicted octanol–water partition coefficient (Wildman–Crippen LogP) is 6.64. The molecule has 0 amide bonds. The predicted molar refractivity (Wildman–Crippen MR) is 131 cm³/mol. The van der Waals surface area contributed by atoms with Gasteiger partial charge in [0.1, 0.15) is 6.33 Å². The van der Waals surface area contributed by atoms with Gasteiger partial charge in [0.25, 0.3) is 0 Å². The molecule has 33 heavy (non-hydrogen) atoms. The molecule has 0 aliphatic rings. The van der Waals surface area contributed by atoms with Gasteiger partial charge in [0.05, 0.1) is 15.0 Å². The third-order valence-corrected chi connectivity index (χ3v) is 5.64. The van der Waals surface area contributed by atoms with Crippen molar-refractivity contribution in [1.29, 1.82) is 0 Å². The van der Waals surface area contributed by atoms with Crippen LogP contribution in [0.1, 0.15) is 11.1 Å². The number of halogens is 2. The van der Waals surface area contributed by atoms with E-state index in [1.165, 1.54) is 6.33 Å². The minimum absolute atomic E-state index is 0.0644. The first-order chi connectivity index (χ1) is 16.0. The zero-order valence-electron chi connectivity index (χ0n) is 17.4. The van der Waals surface area contributed by atoms with Crippen molar-refractivity contribution in [3.05, 3.63) is 116 Å². The zero-order chi connectivity index (χ0) is 23.2. The SMILES string of the molecule is O=[N+]([O-])c1c(Nc2ccc(Cl)c(Cl)c2)ncnc1N(Cc1ccccc1)Cc1ccccc1. The lowest BCUT2D eigenvalue weighted by Gasteiger charge is -2.24. The topological polar surface area (TPSA) is 84.2 Å². The van der Waals surface area contributed by atoms with Crippen molar-refractivity contribution in [2.45, 2.75) is 13.1 Å². The summed E-state index contributed by atoms with van der Waals surface area (Å²) in [5.74, 6) is 0.278. The van der Waals surface area contributed by atoms with Gasteiger partial charge < -0.3 is 10.2 Å². The van der Waals surface area contributed by atoms with Gasteiger partial charge >= 0.3 is 5.69 Å². The lowest BCUT2D eigenvalue weighted by molar-refractivity contribution is -0.383. The monoisotopic (exact) mass is 479 g/mol. The molecule has 4 rings (SSSR count). The van der Waals surface area contributed by atoms with Crippen molar-refractivity contribution in [3.63, 3.8) is 0 Å². The van der Waals surface area contributed by atoms with Crippen LogP contribution >= 0.6 is 23.2 Å². The molecule has 7 nitrogen and oxygen atoms in total. The third-order valence-electron chi connectivity index (χ3n) is 4.90. The van der Waals surface area contributed by atoms with Crippen molar-refractivity contribution in [2.75, 3.05) is 10.2 Å². The Bertz CT molecular complexity index is 1210. The van der Waals surface area contributed by atoms with Crippen LogP contribution in [0.3, 0.4) is 0 Å². The molecule has 3 aromatic carbocycles. The summed E-state index contributed by atoms with van der Waals surface area (Å²) in [6.07, 6.45) is 1.31. The molecule has 0 atom stereocenters. The summed E-state index contributed by atoms with van der Waals surface area (Å²) in [6, 6.07) is 24.3. The highest BCUT2D eigenvalue weighted by molar-refractivity contribution is 6.42. The summed E-state index contributed by atoms with van der Waals surface area (Å²) in [4.78, 5) is 22.0. The van der Waals surface area contributed by atoms with Crippen LogP contribution < -0.4 is 10.2 Å². The molecule has 1 aromatic heterocycles. The smallest absolute Gasteiger partial charge is 0.342 e. The highest BCUT2D eigenvalue weighted by atomic mass is 35.5. The summed E-state index contributed by atoms with van der Waals surface area (Å²) < 4.78 is 0. The zero-order valence-corrected chi connectivity index (χ0v) is 18.9. The molecule has 0 aliphatic carbocycles. The minimum Gasteiger partial charge on any atom is -0.342 e. The van der Waals surface area contributed by atoms with Crippen LogP contribution in [-0.4, -0.2) is 14.9 Å². The number of nitro groups is 1. The number of rotatable bonds is 8. The summed E-state index contributed by atoms with van der Waals surface area (Å²) in [6.45, 7) is 0.861. The second kappa shape index (κ2) is 10.3. The number of nitrogens with one attached hydrogen (secondary N) is 1. The average molecular weight is 480 g/mol. The Hall–Kier alpha value is -3.68. The quantitative estimate of drug-likeness (QED) is 0.225. The van der Waals surface area contributed by atoms with Gasteiger partial charge in [-0.2, -0.15) is 0 Å². The minimum atomic E-state index is -0.474. The molecule has 9 heteroatoms. The van der Waals surface area contributed by atoms with Crippen LogP contribution in [0.5, 0.6) is 0 Å². The molecule has 0 unspecified atom stereocenters. The number of hydrogen-bond acceptors (Lipinski definition) is 6. The Morgan fingerprint density at radius 3 is 2.00 bits per heavy atom. The fourth-order valence-corrected chi connectivity index (χ4v) is 3.68. The molecule has 0 radical (unpaired) electrons. The number of benzene rings is 3. The normalized spacial score (nSPS) is 10.6. The van der Waals surface area contributed by atoms with Gasteiger partial charge in [-0.15, -0.1) is 0 Å². The Balaban J connectivity index is 1.75. The van der Waals surface area contributed by atoms with E-state index in [4.69, 9.17) is 23.2 Å². The van der Waals surface area contributed by atoms with Gasteiger partial charge in [-0.25, -0.2) is 9.97 Å². The molecule has 1 heterocycles. The molecule has 166 valence electrons. The first-order valence-electron chi connectivity index (χ1n) is 10.1. The van der Waals surface area contributed by atoms with E-state index in [2.05, 4.69) is 15.3 Å². The van der Waals surface area contributed by atoms with E-state index in [1.54, 1.807) is 18.2 Å². The number of anilines is 3. The molecule has 1 N–H and O–H groups in total. The van der Waals surface area contributed by atoms with E-state index in [0.29, 0.717) is 28.8 Å². The molecule has 4 aromatic rings. The summed E-state index contributed by atoms with van der Waals surface area (Å²) >= 11 is 12.1. The Kier molecular flexibility index (Phi) is 7.02. The molecular formula is C24H19Cl2N5O2. The summed E-state index contributed by atoms with van der Waals surface area (Å²) in [5.41, 5.74) is 2.30. The molecule has 0 saturated heterocycles. The lowest BCUT2D eigenvalue weighted by Crippen LogP contribution is -2.24. The van der Waals surface area contributed by atoms with Crippen LogP contribution in [0.2, 0.25) is 10.0 Å². The van der Waals surface area contributed by atoms with Crippen LogP contribution in [-0.2, 0) is 13.1 Å². The Labute approximate surface area is 200 Å². The Morgan fingerprint density at radius 2 is 1.45 bits per heavy atom. The van der Waals surface area contributed by atoms with Gasteiger partial charge in [0.2, 0.25) is 11.6 Å². The largest absolute Gasteiger partial charge is 0.353 e. The van der Waals surface area contributed by atoms with Gasteiger partial charge in [-0.3, -0.25) is 10.1 Å². The average Bonchev–Trinajstić information content (AvgIpc) is 2.82. The number of hydrogen-bond donors (Lipinski definition) is 1. The van der Waals surface area contributed by atoms with Crippen LogP contribution in [0.25, 0.3) is 0 Å². The van der Waals surface area contributed by atoms with Crippen LogP contribution in [0.15, 0.2) is 85.2 Å². The van der Waals surface area contributed by atoms with Gasteiger partial charge in [-0.05, 0) is 29.3 Å². The highest BCUT2D eigenvalue weighted by Crippen LogP contribution is 2.36. The maximum Gasteiger partial charge on any atom is 0.353 e. The Morgan fingerprint density at radius 1 is 0.848 bits per heavy atom. The van der Waals surface area contributed by atoms with E-state index >= 15 is 0 Å². The van der Waals surface area contributed by atoms with E-state index in [9.17, 15) is 10.1 Å². The van der Waals surface area contributed by atoms with Crippen molar-refractivity contribution >= 4 is 46.2 Å². The first kappa shape index (κ1) is 22.5. The molecule has 0 spiro atoms. The van der Waals surface area contributed by atoms with Crippen molar-refractivity contribution < 1.29 is 4.92 Å². The van der Waals surface area contributed by atoms with E-state index in [1.807, 2.05) is 65.6 Å². The lowest BCUT2D eigenvalue weighted by atomic mass is 10.1. The maximum absolute atomic E-state index is 12.2. The van der Waals surface area contributed by atoms with Gasteiger partial charge in [0.15, 0.2) is 0 Å². The van der Waals surface area contributed by atoms with Crippen molar-refractivity contribution in [3.8, 4) is 0 Å². The number of nitrogens with zero attached hydrogens (tertiary/aromatic N) is 4. The molecular weight excluding hydrogens is 461 g/mol. The first-order valence-corrected chi connectivity index (χ1v) is 10.8. The third kappa shape index (κ3) is 5.58. The fourth-order valence-electron chi connectivity index (χ4n) is 3.38. The number of aromatic nitrogens is 2. The molecule has 0 bridgehead atoms. The second-order valence-electron chi connectivity index (χ2n) is 7.23. The molecule has 0 aliphatic heterocycles. The van der Waals surface area contributed by atoms with Crippen LogP contribution in [0, 0.1) is 10.1 Å².